The fraction of sp³-hybridized carbons (Fsp3) is 0.500. The number of hydrogen-bond acceptors (Lipinski definition) is 5. The molecule has 2 aliphatic heterocycles. The van der Waals surface area contributed by atoms with Gasteiger partial charge >= 0.3 is 0 Å². The molecule has 0 radical (unpaired) electrons. The van der Waals surface area contributed by atoms with Crippen molar-refractivity contribution in [2.45, 2.75) is 13.8 Å². The predicted molar refractivity (Wildman–Crippen MR) is 53.8 cm³/mol. The van der Waals surface area contributed by atoms with Gasteiger partial charge in [-0.15, -0.1) is 10.4 Å². The summed E-state index contributed by atoms with van der Waals surface area (Å²) in [6, 6.07) is 0. The van der Waals surface area contributed by atoms with Crippen molar-refractivity contribution in [2.75, 3.05) is 13.1 Å². The molecule has 0 aromatic heterocycles. The number of nitrogens with one attached hydrogen (secondary N) is 3. The highest BCUT2D eigenvalue weighted by molar-refractivity contribution is 5.88. The van der Waals surface area contributed by atoms with Gasteiger partial charge in [-0.2, -0.15) is 5.10 Å². The number of amidine groups is 1. The lowest BCUT2D eigenvalue weighted by molar-refractivity contribution is -0.971. The van der Waals surface area contributed by atoms with Crippen molar-refractivity contribution in [1.82, 2.24) is 15.9 Å². The molecule has 0 saturated carbocycles. The van der Waals surface area contributed by atoms with Gasteiger partial charge in [0.1, 0.15) is 6.54 Å². The molecule has 0 spiro atoms. The molecule has 2 heterocycles. The molecule has 1 unspecified atom stereocenters. The maximum Gasteiger partial charge on any atom is 0.269 e. The van der Waals surface area contributed by atoms with E-state index in [1.165, 1.54) is 0 Å². The summed E-state index contributed by atoms with van der Waals surface area (Å²) in [5.74, 6) is 1.39. The molecule has 0 aromatic rings. The van der Waals surface area contributed by atoms with E-state index in [1.54, 1.807) is 12.4 Å². The second-order valence-electron chi connectivity index (χ2n) is 3.21. The Balaban J connectivity index is 2.34. The average molecular weight is 195 g/mol. The van der Waals surface area contributed by atoms with Crippen LogP contribution in [0.3, 0.4) is 0 Å². The number of hydrazone groups is 1. The molecule has 0 saturated heterocycles. The maximum atomic E-state index is 7.95. The number of nitrogens with zero attached hydrogens (tertiary/aromatic N) is 3. The van der Waals surface area contributed by atoms with Crippen molar-refractivity contribution >= 4 is 12.2 Å². The van der Waals surface area contributed by atoms with Crippen LogP contribution in [-0.4, -0.2) is 35.0 Å². The zero-order chi connectivity index (χ0) is 10.2. The van der Waals surface area contributed by atoms with Crippen molar-refractivity contribution in [2.24, 2.45) is 5.10 Å². The minimum atomic E-state index is 0.322. The Morgan fingerprint density at radius 2 is 2.43 bits per heavy atom. The standard InChI is InChI=1S/C8H15N6/c1-3-11-14(4-2)7(9)5-8-12-10-6-13(8)14/h5-6,9,11-12H,3-4H2,1-2H3/q+1. The van der Waals surface area contributed by atoms with Crippen LogP contribution in [0.15, 0.2) is 17.0 Å². The van der Waals surface area contributed by atoms with Gasteiger partial charge in [0.05, 0.1) is 6.08 Å². The van der Waals surface area contributed by atoms with E-state index in [0.717, 1.165) is 18.9 Å². The molecule has 76 valence electrons. The molecule has 2 aliphatic rings. The molecule has 0 amide bonds. The molecule has 2 rings (SSSR count). The van der Waals surface area contributed by atoms with Crippen LogP contribution in [0.2, 0.25) is 0 Å². The fourth-order valence-corrected chi connectivity index (χ4v) is 1.84. The quantitative estimate of drug-likeness (QED) is 0.553. The van der Waals surface area contributed by atoms with Crippen LogP contribution in [0.4, 0.5) is 0 Å². The summed E-state index contributed by atoms with van der Waals surface area (Å²) in [6.45, 7) is 5.66. The second kappa shape index (κ2) is 3.07. The highest BCUT2D eigenvalue weighted by Gasteiger charge is 2.47. The van der Waals surface area contributed by atoms with Crippen LogP contribution < -0.4 is 10.9 Å². The molecule has 6 nitrogen and oxygen atoms in total. The monoisotopic (exact) mass is 195 g/mol. The fourth-order valence-electron chi connectivity index (χ4n) is 1.84. The first kappa shape index (κ1) is 9.17. The second-order valence-corrected chi connectivity index (χ2v) is 3.21. The Bertz CT molecular complexity index is 320. The van der Waals surface area contributed by atoms with Gasteiger partial charge in [-0.05, 0) is 13.8 Å². The van der Waals surface area contributed by atoms with Crippen molar-refractivity contribution in [1.29, 1.82) is 5.41 Å². The Hall–Kier alpha value is -1.40. The minimum absolute atomic E-state index is 0.322. The van der Waals surface area contributed by atoms with Crippen molar-refractivity contribution in [3.63, 3.8) is 0 Å². The van der Waals surface area contributed by atoms with E-state index >= 15 is 0 Å². The van der Waals surface area contributed by atoms with Gasteiger partial charge in [0.15, 0.2) is 12.2 Å². The summed E-state index contributed by atoms with van der Waals surface area (Å²) < 4.78 is 0.322. The van der Waals surface area contributed by atoms with Gasteiger partial charge in [-0.25, -0.2) is 5.41 Å². The Morgan fingerprint density at radius 3 is 3.07 bits per heavy atom. The van der Waals surface area contributed by atoms with Crippen LogP contribution in [-0.2, 0) is 0 Å². The third-order valence-corrected chi connectivity index (χ3v) is 2.51. The van der Waals surface area contributed by atoms with Gasteiger partial charge in [0, 0.05) is 6.54 Å². The molecule has 0 aromatic carbocycles. The molecule has 6 heteroatoms. The Labute approximate surface area is 82.9 Å². The molecule has 3 N–H and O–H groups in total. The normalized spacial score (nSPS) is 29.1. The van der Waals surface area contributed by atoms with Gasteiger partial charge < -0.3 is 0 Å². The molecule has 1 atom stereocenters. The average Bonchev–Trinajstić information content (AvgIpc) is 2.70. The van der Waals surface area contributed by atoms with Gasteiger partial charge in [0.2, 0.25) is 0 Å². The summed E-state index contributed by atoms with van der Waals surface area (Å²) in [5.41, 5.74) is 6.14. The van der Waals surface area contributed by atoms with E-state index < -0.39 is 0 Å². The summed E-state index contributed by atoms with van der Waals surface area (Å²) in [6.07, 6.45) is 3.50. The van der Waals surface area contributed by atoms with E-state index in [-0.39, 0.29) is 0 Å². The van der Waals surface area contributed by atoms with Crippen molar-refractivity contribution < 1.29 is 4.70 Å². The number of hydrogen-bond donors (Lipinski definition) is 3. The minimum Gasteiger partial charge on any atom is -0.257 e. The summed E-state index contributed by atoms with van der Waals surface area (Å²) >= 11 is 0. The topological polar surface area (TPSA) is 63.5 Å². The Morgan fingerprint density at radius 1 is 1.64 bits per heavy atom. The van der Waals surface area contributed by atoms with Crippen LogP contribution in [0.25, 0.3) is 0 Å². The van der Waals surface area contributed by atoms with Crippen molar-refractivity contribution in [3.05, 3.63) is 11.9 Å². The first-order chi connectivity index (χ1) is 6.74. The molecule has 0 fully saturated rings. The molecular weight excluding hydrogens is 180 g/mol. The van der Waals surface area contributed by atoms with Gasteiger partial charge in [-0.1, -0.05) is 4.70 Å². The summed E-state index contributed by atoms with van der Waals surface area (Å²) in [5, 5.41) is 13.8. The van der Waals surface area contributed by atoms with E-state index in [1.807, 2.05) is 18.9 Å². The van der Waals surface area contributed by atoms with E-state index in [2.05, 4.69) is 16.0 Å². The first-order valence-electron chi connectivity index (χ1n) is 4.77. The number of rotatable bonds is 3. The SMILES string of the molecule is CCN[N+]1(CC)C(=N)C=C2NN=CN21. The molecule has 0 aliphatic carbocycles. The van der Waals surface area contributed by atoms with Crippen molar-refractivity contribution in [3.8, 4) is 0 Å². The maximum absolute atomic E-state index is 7.95. The van der Waals surface area contributed by atoms with E-state index in [4.69, 9.17) is 5.41 Å². The highest BCUT2D eigenvalue weighted by Crippen LogP contribution is 2.23. The first-order valence-corrected chi connectivity index (χ1v) is 4.77. The Kier molecular flexibility index (Phi) is 2.01. The molecular formula is C8H15N6+. The number of quaternary nitrogens is 1. The molecule has 14 heavy (non-hydrogen) atoms. The summed E-state index contributed by atoms with van der Waals surface area (Å²) in [4.78, 5) is 0. The summed E-state index contributed by atoms with van der Waals surface area (Å²) in [7, 11) is 0. The lowest BCUT2D eigenvalue weighted by Gasteiger charge is -2.35. The third-order valence-electron chi connectivity index (χ3n) is 2.51. The largest absolute Gasteiger partial charge is 0.269 e. The highest BCUT2D eigenvalue weighted by atomic mass is 16.0. The van der Waals surface area contributed by atoms with E-state index in [9.17, 15) is 0 Å². The zero-order valence-electron chi connectivity index (χ0n) is 8.41. The predicted octanol–water partition coefficient (Wildman–Crippen LogP) is -0.0566. The van der Waals surface area contributed by atoms with E-state index in [0.29, 0.717) is 10.5 Å². The van der Waals surface area contributed by atoms with Crippen LogP contribution in [0, 0.1) is 5.41 Å². The van der Waals surface area contributed by atoms with Gasteiger partial charge in [0.25, 0.3) is 5.84 Å². The van der Waals surface area contributed by atoms with Crippen LogP contribution in [0.1, 0.15) is 13.8 Å². The number of fused-ring (bicyclic) bond motifs is 1. The van der Waals surface area contributed by atoms with Crippen LogP contribution in [0.5, 0.6) is 0 Å². The molecule has 0 bridgehead atoms. The zero-order valence-corrected chi connectivity index (χ0v) is 8.41. The third kappa shape index (κ3) is 0.978. The van der Waals surface area contributed by atoms with Crippen LogP contribution >= 0.6 is 0 Å². The lowest BCUT2D eigenvalue weighted by atomic mass is 10.5. The smallest absolute Gasteiger partial charge is 0.257 e. The lowest BCUT2D eigenvalue weighted by Crippen LogP contribution is -2.66. The number of likely N-dealkylation sites (N-methyl/N-ethyl adjacent to an activating group) is 1. The van der Waals surface area contributed by atoms with Gasteiger partial charge in [-0.3, -0.25) is 5.43 Å².